The predicted molar refractivity (Wildman–Crippen MR) is 59.7 cm³/mol. The van der Waals surface area contributed by atoms with Crippen LogP contribution in [0.25, 0.3) is 0 Å². The summed E-state index contributed by atoms with van der Waals surface area (Å²) in [5.74, 6) is 0.638. The Morgan fingerprint density at radius 2 is 2.27 bits per heavy atom. The SMILES string of the molecule is COC1CNCCC1Cc1ccncc1. The summed E-state index contributed by atoms with van der Waals surface area (Å²) in [6.07, 6.45) is 6.37. The lowest BCUT2D eigenvalue weighted by molar-refractivity contribution is 0.0341. The van der Waals surface area contributed by atoms with Crippen LogP contribution in [0.2, 0.25) is 0 Å². The van der Waals surface area contributed by atoms with Crippen molar-refractivity contribution < 1.29 is 4.74 Å². The zero-order valence-corrected chi connectivity index (χ0v) is 9.15. The summed E-state index contributed by atoms with van der Waals surface area (Å²) in [6, 6.07) is 4.18. The molecule has 82 valence electrons. The monoisotopic (exact) mass is 206 g/mol. The fourth-order valence-corrected chi connectivity index (χ4v) is 2.22. The number of rotatable bonds is 3. The van der Waals surface area contributed by atoms with Gasteiger partial charge < -0.3 is 10.1 Å². The highest BCUT2D eigenvalue weighted by Gasteiger charge is 2.24. The van der Waals surface area contributed by atoms with E-state index in [1.165, 1.54) is 12.0 Å². The van der Waals surface area contributed by atoms with E-state index in [0.29, 0.717) is 12.0 Å². The molecule has 3 heteroatoms. The van der Waals surface area contributed by atoms with Gasteiger partial charge in [-0.15, -0.1) is 0 Å². The zero-order valence-electron chi connectivity index (χ0n) is 9.15. The van der Waals surface area contributed by atoms with Gasteiger partial charge in [0, 0.05) is 26.0 Å². The first-order valence-corrected chi connectivity index (χ1v) is 5.52. The summed E-state index contributed by atoms with van der Waals surface area (Å²) < 4.78 is 5.50. The molecule has 1 aromatic heterocycles. The maximum Gasteiger partial charge on any atom is 0.0727 e. The minimum absolute atomic E-state index is 0.354. The highest BCUT2D eigenvalue weighted by atomic mass is 16.5. The summed E-state index contributed by atoms with van der Waals surface area (Å²) in [5.41, 5.74) is 1.36. The summed E-state index contributed by atoms with van der Waals surface area (Å²) in [5, 5.41) is 3.36. The second-order valence-electron chi connectivity index (χ2n) is 4.09. The third-order valence-corrected chi connectivity index (χ3v) is 3.11. The molecule has 3 nitrogen and oxygen atoms in total. The van der Waals surface area contributed by atoms with Crippen LogP contribution in [-0.4, -0.2) is 31.3 Å². The van der Waals surface area contributed by atoms with Crippen LogP contribution in [0.3, 0.4) is 0 Å². The molecule has 1 aliphatic rings. The molecule has 0 spiro atoms. The van der Waals surface area contributed by atoms with Crippen molar-refractivity contribution in [2.45, 2.75) is 18.9 Å². The normalized spacial score (nSPS) is 26.5. The minimum atomic E-state index is 0.354. The average Bonchev–Trinajstić information content (AvgIpc) is 2.31. The van der Waals surface area contributed by atoms with Gasteiger partial charge in [-0.2, -0.15) is 0 Å². The highest BCUT2D eigenvalue weighted by molar-refractivity contribution is 5.11. The van der Waals surface area contributed by atoms with Crippen LogP contribution in [0.5, 0.6) is 0 Å². The number of methoxy groups -OCH3 is 1. The summed E-state index contributed by atoms with van der Waals surface area (Å²) in [6.45, 7) is 2.09. The van der Waals surface area contributed by atoms with Crippen LogP contribution in [0.1, 0.15) is 12.0 Å². The smallest absolute Gasteiger partial charge is 0.0727 e. The zero-order chi connectivity index (χ0) is 10.5. The van der Waals surface area contributed by atoms with E-state index in [-0.39, 0.29) is 0 Å². The quantitative estimate of drug-likeness (QED) is 0.808. The van der Waals surface area contributed by atoms with Gasteiger partial charge in [-0.05, 0) is 43.0 Å². The first kappa shape index (κ1) is 10.6. The fourth-order valence-electron chi connectivity index (χ4n) is 2.22. The lowest BCUT2D eigenvalue weighted by Gasteiger charge is -2.31. The number of piperidine rings is 1. The van der Waals surface area contributed by atoms with Gasteiger partial charge in [-0.1, -0.05) is 0 Å². The third-order valence-electron chi connectivity index (χ3n) is 3.11. The first-order chi connectivity index (χ1) is 7.40. The van der Waals surface area contributed by atoms with Crippen molar-refractivity contribution >= 4 is 0 Å². The Labute approximate surface area is 90.9 Å². The van der Waals surface area contributed by atoms with E-state index in [9.17, 15) is 0 Å². The molecular weight excluding hydrogens is 188 g/mol. The van der Waals surface area contributed by atoms with Gasteiger partial charge in [0.1, 0.15) is 0 Å². The fraction of sp³-hybridized carbons (Fsp3) is 0.583. The van der Waals surface area contributed by atoms with Crippen molar-refractivity contribution in [3.05, 3.63) is 30.1 Å². The molecule has 15 heavy (non-hydrogen) atoms. The number of hydrogen-bond donors (Lipinski definition) is 1. The molecular formula is C12H18N2O. The van der Waals surface area contributed by atoms with Gasteiger partial charge in [0.2, 0.25) is 0 Å². The maximum atomic E-state index is 5.50. The molecule has 2 rings (SSSR count). The Hall–Kier alpha value is -0.930. The van der Waals surface area contributed by atoms with Crippen molar-refractivity contribution in [3.63, 3.8) is 0 Å². The molecule has 2 unspecified atom stereocenters. The molecule has 0 aromatic carbocycles. The number of aromatic nitrogens is 1. The molecule has 1 N–H and O–H groups in total. The second-order valence-corrected chi connectivity index (χ2v) is 4.09. The number of nitrogens with one attached hydrogen (secondary N) is 1. The van der Waals surface area contributed by atoms with Crippen LogP contribution in [0.4, 0.5) is 0 Å². The average molecular weight is 206 g/mol. The maximum absolute atomic E-state index is 5.50. The van der Waals surface area contributed by atoms with Crippen molar-refractivity contribution in [1.82, 2.24) is 10.3 Å². The van der Waals surface area contributed by atoms with Gasteiger partial charge in [-0.25, -0.2) is 0 Å². The lowest BCUT2D eigenvalue weighted by Crippen LogP contribution is -2.42. The van der Waals surface area contributed by atoms with Crippen molar-refractivity contribution in [3.8, 4) is 0 Å². The van der Waals surface area contributed by atoms with Gasteiger partial charge in [0.15, 0.2) is 0 Å². The van der Waals surface area contributed by atoms with E-state index in [1.54, 1.807) is 7.11 Å². The highest BCUT2D eigenvalue weighted by Crippen LogP contribution is 2.20. The predicted octanol–water partition coefficient (Wildman–Crippen LogP) is 1.25. The largest absolute Gasteiger partial charge is 0.380 e. The van der Waals surface area contributed by atoms with Gasteiger partial charge in [0.05, 0.1) is 6.10 Å². The van der Waals surface area contributed by atoms with Crippen LogP contribution in [0.15, 0.2) is 24.5 Å². The molecule has 0 aliphatic carbocycles. The number of hydrogen-bond acceptors (Lipinski definition) is 3. The van der Waals surface area contributed by atoms with E-state index < -0.39 is 0 Å². The van der Waals surface area contributed by atoms with E-state index in [4.69, 9.17) is 4.74 Å². The van der Waals surface area contributed by atoms with E-state index in [2.05, 4.69) is 22.4 Å². The topological polar surface area (TPSA) is 34.1 Å². The lowest BCUT2D eigenvalue weighted by atomic mass is 9.89. The molecule has 1 saturated heterocycles. The molecule has 2 atom stereocenters. The molecule has 0 amide bonds. The van der Waals surface area contributed by atoms with Crippen LogP contribution in [0, 0.1) is 5.92 Å². The third kappa shape index (κ3) is 2.76. The first-order valence-electron chi connectivity index (χ1n) is 5.52. The number of ether oxygens (including phenoxy) is 1. The number of pyridine rings is 1. The van der Waals surface area contributed by atoms with Crippen molar-refractivity contribution in [1.29, 1.82) is 0 Å². The molecule has 1 aliphatic heterocycles. The van der Waals surface area contributed by atoms with Crippen LogP contribution >= 0.6 is 0 Å². The van der Waals surface area contributed by atoms with E-state index >= 15 is 0 Å². The molecule has 2 heterocycles. The van der Waals surface area contributed by atoms with E-state index in [1.807, 2.05) is 12.4 Å². The molecule has 1 aromatic rings. The minimum Gasteiger partial charge on any atom is -0.380 e. The molecule has 0 saturated carbocycles. The number of nitrogens with zero attached hydrogens (tertiary/aromatic N) is 1. The van der Waals surface area contributed by atoms with Gasteiger partial charge >= 0.3 is 0 Å². The van der Waals surface area contributed by atoms with Crippen LogP contribution in [-0.2, 0) is 11.2 Å². The van der Waals surface area contributed by atoms with Gasteiger partial charge in [-0.3, -0.25) is 4.98 Å². The molecule has 1 fully saturated rings. The Balaban J connectivity index is 1.97. The Bertz CT molecular complexity index is 289. The van der Waals surface area contributed by atoms with Gasteiger partial charge in [0.25, 0.3) is 0 Å². The Morgan fingerprint density at radius 1 is 1.47 bits per heavy atom. The summed E-state index contributed by atoms with van der Waals surface area (Å²) in [4.78, 5) is 4.03. The van der Waals surface area contributed by atoms with E-state index in [0.717, 1.165) is 19.5 Å². The Morgan fingerprint density at radius 3 is 3.00 bits per heavy atom. The Kier molecular flexibility index (Phi) is 3.69. The second kappa shape index (κ2) is 5.24. The van der Waals surface area contributed by atoms with Crippen molar-refractivity contribution in [2.75, 3.05) is 20.2 Å². The van der Waals surface area contributed by atoms with Crippen molar-refractivity contribution in [2.24, 2.45) is 5.92 Å². The standard InChI is InChI=1S/C12H18N2O/c1-15-12-9-14-7-4-11(12)8-10-2-5-13-6-3-10/h2-3,5-6,11-12,14H,4,7-9H2,1H3. The molecule has 0 bridgehead atoms. The summed E-state index contributed by atoms with van der Waals surface area (Å²) in [7, 11) is 1.80. The molecule has 0 radical (unpaired) electrons. The van der Waals surface area contributed by atoms with Crippen LogP contribution < -0.4 is 5.32 Å². The summed E-state index contributed by atoms with van der Waals surface area (Å²) >= 11 is 0.